The number of anilines is 1. The van der Waals surface area contributed by atoms with Crippen LogP contribution in [0.3, 0.4) is 0 Å². The lowest BCUT2D eigenvalue weighted by atomic mass is 10.1. The molecule has 0 bridgehead atoms. The highest BCUT2D eigenvalue weighted by Crippen LogP contribution is 2.33. The molecule has 0 unspecified atom stereocenters. The minimum absolute atomic E-state index is 0.324. The Labute approximate surface area is 151 Å². The molecule has 2 aliphatic heterocycles. The van der Waals surface area contributed by atoms with Crippen LogP contribution >= 0.6 is 0 Å². The van der Waals surface area contributed by atoms with Crippen molar-refractivity contribution in [3.63, 3.8) is 0 Å². The van der Waals surface area contributed by atoms with E-state index in [2.05, 4.69) is 38.1 Å². The van der Waals surface area contributed by atoms with Gasteiger partial charge in [0.05, 0.1) is 6.20 Å². The third-order valence-corrected chi connectivity index (χ3v) is 5.01. The third kappa shape index (κ3) is 2.74. The molecule has 0 saturated carbocycles. The van der Waals surface area contributed by atoms with Crippen LogP contribution in [-0.4, -0.2) is 52.5 Å². The molecule has 4 heterocycles. The molecule has 0 amide bonds. The highest BCUT2D eigenvalue weighted by Gasteiger charge is 2.21. The fourth-order valence-corrected chi connectivity index (χ4v) is 3.68. The maximum absolute atomic E-state index is 5.48. The van der Waals surface area contributed by atoms with Crippen molar-refractivity contribution in [1.29, 1.82) is 0 Å². The largest absolute Gasteiger partial charge is 0.454 e. The molecule has 1 aromatic carbocycles. The third-order valence-electron chi connectivity index (χ3n) is 5.01. The van der Waals surface area contributed by atoms with Crippen molar-refractivity contribution in [2.45, 2.75) is 13.5 Å². The maximum atomic E-state index is 5.48. The van der Waals surface area contributed by atoms with E-state index >= 15 is 0 Å². The van der Waals surface area contributed by atoms with Crippen LogP contribution in [0.5, 0.6) is 11.5 Å². The first-order valence-corrected chi connectivity index (χ1v) is 8.93. The number of benzene rings is 1. The number of hydrogen-bond acceptors (Lipinski definition) is 6. The summed E-state index contributed by atoms with van der Waals surface area (Å²) in [5, 5.41) is 4.43. The molecule has 1 saturated heterocycles. The van der Waals surface area contributed by atoms with Crippen LogP contribution < -0.4 is 14.4 Å². The second kappa shape index (κ2) is 6.17. The van der Waals surface area contributed by atoms with Gasteiger partial charge in [-0.2, -0.15) is 9.61 Å². The Morgan fingerprint density at radius 2 is 1.85 bits per heavy atom. The van der Waals surface area contributed by atoms with Gasteiger partial charge in [0.1, 0.15) is 5.82 Å². The van der Waals surface area contributed by atoms with Crippen LogP contribution in [0.1, 0.15) is 11.3 Å². The zero-order chi connectivity index (χ0) is 17.5. The summed E-state index contributed by atoms with van der Waals surface area (Å²) < 4.78 is 12.8. The SMILES string of the molecule is Cc1cc(N2CCN(Cc3ccc4c(c3)OCO4)CC2)n2nccc2n1. The fraction of sp³-hybridized carbons (Fsp3) is 0.368. The quantitative estimate of drug-likeness (QED) is 0.720. The van der Waals surface area contributed by atoms with E-state index < -0.39 is 0 Å². The molecular formula is C19H21N5O2. The average Bonchev–Trinajstić information content (AvgIpc) is 3.30. The molecule has 7 heteroatoms. The summed E-state index contributed by atoms with van der Waals surface area (Å²) in [6.45, 7) is 7.26. The topological polar surface area (TPSA) is 55.1 Å². The average molecular weight is 351 g/mol. The van der Waals surface area contributed by atoms with E-state index in [-0.39, 0.29) is 0 Å². The van der Waals surface area contributed by atoms with Crippen LogP contribution in [-0.2, 0) is 6.54 Å². The van der Waals surface area contributed by atoms with Gasteiger partial charge in [0, 0.05) is 50.6 Å². The second-order valence-corrected chi connectivity index (χ2v) is 6.81. The second-order valence-electron chi connectivity index (χ2n) is 6.81. The predicted octanol–water partition coefficient (Wildman–Crippen LogP) is 2.09. The maximum Gasteiger partial charge on any atom is 0.231 e. The number of ether oxygens (including phenoxy) is 2. The summed E-state index contributed by atoms with van der Waals surface area (Å²) in [5.74, 6) is 2.82. The van der Waals surface area contributed by atoms with Crippen LogP contribution in [0.25, 0.3) is 5.65 Å². The van der Waals surface area contributed by atoms with Crippen LogP contribution in [0, 0.1) is 6.92 Å². The van der Waals surface area contributed by atoms with Gasteiger partial charge in [0.15, 0.2) is 17.1 Å². The molecule has 5 rings (SSSR count). The zero-order valence-corrected chi connectivity index (χ0v) is 14.8. The van der Waals surface area contributed by atoms with Gasteiger partial charge >= 0.3 is 0 Å². The van der Waals surface area contributed by atoms with Crippen molar-refractivity contribution in [2.75, 3.05) is 37.9 Å². The van der Waals surface area contributed by atoms with Crippen LogP contribution in [0.15, 0.2) is 36.5 Å². The molecule has 3 aromatic rings. The molecule has 26 heavy (non-hydrogen) atoms. The molecule has 0 radical (unpaired) electrons. The van der Waals surface area contributed by atoms with E-state index in [1.807, 2.05) is 23.6 Å². The van der Waals surface area contributed by atoms with Gasteiger partial charge in [0.25, 0.3) is 0 Å². The predicted molar refractivity (Wildman–Crippen MR) is 97.8 cm³/mol. The summed E-state index contributed by atoms with van der Waals surface area (Å²) in [5.41, 5.74) is 3.19. The van der Waals surface area contributed by atoms with E-state index in [4.69, 9.17) is 9.47 Å². The molecule has 1 fully saturated rings. The Balaban J connectivity index is 1.28. The van der Waals surface area contributed by atoms with E-state index in [0.717, 1.165) is 61.4 Å². The highest BCUT2D eigenvalue weighted by molar-refractivity contribution is 5.51. The Hall–Kier alpha value is -2.80. The summed E-state index contributed by atoms with van der Waals surface area (Å²) in [6, 6.07) is 10.3. The van der Waals surface area contributed by atoms with Crippen molar-refractivity contribution in [3.05, 3.63) is 47.8 Å². The Kier molecular flexibility index (Phi) is 3.67. The van der Waals surface area contributed by atoms with Crippen molar-refractivity contribution in [2.24, 2.45) is 0 Å². The first-order chi connectivity index (χ1) is 12.8. The lowest BCUT2D eigenvalue weighted by Gasteiger charge is -2.36. The number of rotatable bonds is 3. The van der Waals surface area contributed by atoms with E-state index in [1.54, 1.807) is 6.20 Å². The summed E-state index contributed by atoms with van der Waals surface area (Å²) in [7, 11) is 0. The van der Waals surface area contributed by atoms with Gasteiger partial charge in [-0.3, -0.25) is 4.90 Å². The summed E-state index contributed by atoms with van der Waals surface area (Å²) in [6.07, 6.45) is 1.81. The molecule has 7 nitrogen and oxygen atoms in total. The molecular weight excluding hydrogens is 330 g/mol. The van der Waals surface area contributed by atoms with Crippen molar-refractivity contribution in [3.8, 4) is 11.5 Å². The lowest BCUT2D eigenvalue weighted by molar-refractivity contribution is 0.174. The minimum atomic E-state index is 0.324. The normalized spacial score (nSPS) is 17.2. The zero-order valence-electron chi connectivity index (χ0n) is 14.8. The first kappa shape index (κ1) is 15.5. The number of fused-ring (bicyclic) bond motifs is 2. The Morgan fingerprint density at radius 3 is 2.73 bits per heavy atom. The van der Waals surface area contributed by atoms with Gasteiger partial charge in [-0.15, -0.1) is 0 Å². The minimum Gasteiger partial charge on any atom is -0.454 e. The summed E-state index contributed by atoms with van der Waals surface area (Å²) >= 11 is 0. The number of piperazine rings is 1. The molecule has 134 valence electrons. The van der Waals surface area contributed by atoms with Gasteiger partial charge in [-0.05, 0) is 24.6 Å². The molecule has 0 spiro atoms. The fourth-order valence-electron chi connectivity index (χ4n) is 3.68. The highest BCUT2D eigenvalue weighted by atomic mass is 16.7. The number of aromatic nitrogens is 3. The molecule has 0 atom stereocenters. The molecule has 0 aliphatic carbocycles. The van der Waals surface area contributed by atoms with Gasteiger partial charge < -0.3 is 14.4 Å². The number of aryl methyl sites for hydroxylation is 1. The first-order valence-electron chi connectivity index (χ1n) is 8.93. The smallest absolute Gasteiger partial charge is 0.231 e. The number of nitrogens with zero attached hydrogens (tertiary/aromatic N) is 5. The Morgan fingerprint density at radius 1 is 1.00 bits per heavy atom. The van der Waals surface area contributed by atoms with Gasteiger partial charge in [0.2, 0.25) is 6.79 Å². The van der Waals surface area contributed by atoms with Gasteiger partial charge in [-0.1, -0.05) is 6.07 Å². The standard InChI is InChI=1S/C19H21N5O2/c1-14-10-19(24-18(21-14)4-5-20-24)23-8-6-22(7-9-23)12-15-2-3-16-17(11-15)26-13-25-16/h2-5,10-11H,6-9,12-13H2,1H3. The van der Waals surface area contributed by atoms with E-state index in [0.29, 0.717) is 6.79 Å². The van der Waals surface area contributed by atoms with E-state index in [9.17, 15) is 0 Å². The van der Waals surface area contributed by atoms with Crippen molar-refractivity contribution in [1.82, 2.24) is 19.5 Å². The molecule has 2 aliphatic rings. The lowest BCUT2D eigenvalue weighted by Crippen LogP contribution is -2.46. The summed E-state index contributed by atoms with van der Waals surface area (Å²) in [4.78, 5) is 9.40. The monoisotopic (exact) mass is 351 g/mol. The molecule has 0 N–H and O–H groups in total. The number of hydrogen-bond donors (Lipinski definition) is 0. The van der Waals surface area contributed by atoms with Crippen LogP contribution in [0.2, 0.25) is 0 Å². The Bertz CT molecular complexity index is 946. The van der Waals surface area contributed by atoms with Crippen molar-refractivity contribution >= 4 is 11.5 Å². The molecule has 2 aromatic heterocycles. The van der Waals surface area contributed by atoms with Gasteiger partial charge in [-0.25, -0.2) is 4.98 Å². The van der Waals surface area contributed by atoms with Crippen LogP contribution in [0.4, 0.5) is 5.82 Å². The van der Waals surface area contributed by atoms with Crippen molar-refractivity contribution < 1.29 is 9.47 Å². The van der Waals surface area contributed by atoms with E-state index in [1.165, 1.54) is 5.56 Å².